The molecule has 2 aliphatic rings. The molecule has 2 fully saturated rings. The monoisotopic (exact) mass is 257 g/mol. The van der Waals surface area contributed by atoms with Gasteiger partial charge in [0.15, 0.2) is 0 Å². The summed E-state index contributed by atoms with van der Waals surface area (Å²) in [6.07, 6.45) is 3.45. The lowest BCUT2D eigenvalue weighted by molar-refractivity contribution is 0.0201. The van der Waals surface area contributed by atoms with Crippen molar-refractivity contribution < 1.29 is 5.11 Å². The van der Waals surface area contributed by atoms with Crippen molar-refractivity contribution >= 4 is 11.8 Å². The number of nitrogens with zero attached hydrogens (tertiary/aromatic N) is 1. The standard InChI is InChI=1S/C14H27NOS/c1-11(2)12-3-4-14(16)13(9-12)10-15-5-7-17-8-6-15/h11-14,16H,3-10H2,1-2H3. The third-order valence-electron chi connectivity index (χ3n) is 4.52. The zero-order valence-electron chi connectivity index (χ0n) is 11.3. The maximum atomic E-state index is 10.2. The number of hydrogen-bond donors (Lipinski definition) is 1. The molecule has 1 aliphatic heterocycles. The highest BCUT2D eigenvalue weighted by Crippen LogP contribution is 2.34. The van der Waals surface area contributed by atoms with Gasteiger partial charge in [-0.05, 0) is 37.0 Å². The molecule has 0 spiro atoms. The lowest BCUT2D eigenvalue weighted by Gasteiger charge is -2.38. The Bertz CT molecular complexity index is 228. The maximum absolute atomic E-state index is 10.2. The van der Waals surface area contributed by atoms with Crippen molar-refractivity contribution in [2.24, 2.45) is 17.8 Å². The van der Waals surface area contributed by atoms with Crippen molar-refractivity contribution in [3.63, 3.8) is 0 Å². The Morgan fingerprint density at radius 3 is 2.59 bits per heavy atom. The van der Waals surface area contributed by atoms with Crippen molar-refractivity contribution in [2.45, 2.75) is 39.2 Å². The Kier molecular flexibility index (Phi) is 5.19. The Morgan fingerprint density at radius 1 is 1.24 bits per heavy atom. The van der Waals surface area contributed by atoms with E-state index in [1.54, 1.807) is 0 Å². The molecule has 0 aromatic rings. The normalized spacial score (nSPS) is 36.4. The van der Waals surface area contributed by atoms with Gasteiger partial charge in [0.05, 0.1) is 6.10 Å². The lowest BCUT2D eigenvalue weighted by Crippen LogP contribution is -2.42. The minimum absolute atomic E-state index is 0.0421. The predicted octanol–water partition coefficient (Wildman–Crippen LogP) is 2.47. The van der Waals surface area contributed by atoms with Gasteiger partial charge in [0, 0.05) is 31.1 Å². The molecule has 0 bridgehead atoms. The van der Waals surface area contributed by atoms with Gasteiger partial charge >= 0.3 is 0 Å². The second-order valence-corrected chi connectivity index (χ2v) is 7.28. The second-order valence-electron chi connectivity index (χ2n) is 6.06. The molecule has 0 aromatic carbocycles. The highest BCUT2D eigenvalue weighted by Gasteiger charge is 2.31. The van der Waals surface area contributed by atoms with Crippen LogP contribution in [0.4, 0.5) is 0 Å². The predicted molar refractivity (Wildman–Crippen MR) is 75.4 cm³/mol. The zero-order chi connectivity index (χ0) is 12.3. The van der Waals surface area contributed by atoms with E-state index in [-0.39, 0.29) is 6.10 Å². The van der Waals surface area contributed by atoms with E-state index < -0.39 is 0 Å². The van der Waals surface area contributed by atoms with Crippen LogP contribution in [0.3, 0.4) is 0 Å². The summed E-state index contributed by atoms with van der Waals surface area (Å²) in [6.45, 7) is 8.24. The molecule has 1 saturated heterocycles. The van der Waals surface area contributed by atoms with E-state index in [9.17, 15) is 5.11 Å². The van der Waals surface area contributed by atoms with E-state index in [2.05, 4.69) is 30.5 Å². The average Bonchev–Trinajstić information content (AvgIpc) is 2.33. The summed E-state index contributed by atoms with van der Waals surface area (Å²) in [5, 5.41) is 10.2. The van der Waals surface area contributed by atoms with Gasteiger partial charge in [-0.1, -0.05) is 13.8 Å². The van der Waals surface area contributed by atoms with E-state index in [0.717, 1.165) is 24.8 Å². The van der Waals surface area contributed by atoms with Gasteiger partial charge in [-0.2, -0.15) is 11.8 Å². The Labute approximate surface area is 110 Å². The fourth-order valence-electron chi connectivity index (χ4n) is 3.20. The van der Waals surface area contributed by atoms with Gasteiger partial charge in [-0.3, -0.25) is 0 Å². The molecule has 0 radical (unpaired) electrons. The third kappa shape index (κ3) is 3.87. The fraction of sp³-hybridized carbons (Fsp3) is 1.00. The molecule has 1 aliphatic carbocycles. The van der Waals surface area contributed by atoms with E-state index in [1.807, 2.05) is 0 Å². The first kappa shape index (κ1) is 13.7. The fourth-order valence-corrected chi connectivity index (χ4v) is 4.18. The smallest absolute Gasteiger partial charge is 0.0580 e. The first-order valence-electron chi connectivity index (χ1n) is 7.15. The summed E-state index contributed by atoms with van der Waals surface area (Å²) < 4.78 is 0. The van der Waals surface area contributed by atoms with Gasteiger partial charge in [0.2, 0.25) is 0 Å². The molecular formula is C14H27NOS. The summed E-state index contributed by atoms with van der Waals surface area (Å²) in [6, 6.07) is 0. The topological polar surface area (TPSA) is 23.5 Å². The van der Waals surface area contributed by atoms with Gasteiger partial charge < -0.3 is 10.0 Å². The van der Waals surface area contributed by atoms with Crippen LogP contribution in [0.25, 0.3) is 0 Å². The largest absolute Gasteiger partial charge is 0.393 e. The minimum Gasteiger partial charge on any atom is -0.393 e. The molecular weight excluding hydrogens is 230 g/mol. The summed E-state index contributed by atoms with van der Waals surface area (Å²) in [7, 11) is 0. The molecule has 3 atom stereocenters. The quantitative estimate of drug-likeness (QED) is 0.840. The van der Waals surface area contributed by atoms with E-state index >= 15 is 0 Å². The van der Waals surface area contributed by atoms with Crippen molar-refractivity contribution in [1.29, 1.82) is 0 Å². The average molecular weight is 257 g/mol. The number of thioether (sulfide) groups is 1. The van der Waals surface area contributed by atoms with Crippen LogP contribution in [-0.4, -0.2) is 47.3 Å². The molecule has 1 saturated carbocycles. The van der Waals surface area contributed by atoms with Gasteiger partial charge in [0.1, 0.15) is 0 Å². The Hall–Kier alpha value is 0.270. The minimum atomic E-state index is -0.0421. The van der Waals surface area contributed by atoms with Crippen molar-refractivity contribution in [3.8, 4) is 0 Å². The Balaban J connectivity index is 1.84. The molecule has 1 heterocycles. The van der Waals surface area contributed by atoms with Crippen molar-refractivity contribution in [2.75, 3.05) is 31.1 Å². The van der Waals surface area contributed by atoms with Crippen LogP contribution in [0.5, 0.6) is 0 Å². The van der Waals surface area contributed by atoms with Crippen molar-refractivity contribution in [3.05, 3.63) is 0 Å². The van der Waals surface area contributed by atoms with Crippen LogP contribution in [0.2, 0.25) is 0 Å². The van der Waals surface area contributed by atoms with Crippen LogP contribution in [0.1, 0.15) is 33.1 Å². The highest BCUT2D eigenvalue weighted by atomic mass is 32.2. The van der Waals surface area contributed by atoms with Gasteiger partial charge in [0.25, 0.3) is 0 Å². The summed E-state index contributed by atoms with van der Waals surface area (Å²) in [4.78, 5) is 2.56. The lowest BCUT2D eigenvalue weighted by atomic mass is 9.74. The summed E-state index contributed by atoms with van der Waals surface area (Å²) >= 11 is 2.06. The van der Waals surface area contributed by atoms with Crippen LogP contribution < -0.4 is 0 Å². The molecule has 0 aromatic heterocycles. The zero-order valence-corrected chi connectivity index (χ0v) is 12.1. The number of rotatable bonds is 3. The van der Waals surface area contributed by atoms with Crippen molar-refractivity contribution in [1.82, 2.24) is 4.90 Å². The van der Waals surface area contributed by atoms with E-state index in [4.69, 9.17) is 0 Å². The molecule has 100 valence electrons. The molecule has 17 heavy (non-hydrogen) atoms. The first-order valence-corrected chi connectivity index (χ1v) is 8.30. The summed E-state index contributed by atoms with van der Waals surface area (Å²) in [5.41, 5.74) is 0. The van der Waals surface area contributed by atoms with Crippen LogP contribution in [0, 0.1) is 17.8 Å². The number of aliphatic hydroxyl groups excluding tert-OH is 1. The molecule has 0 amide bonds. The SMILES string of the molecule is CC(C)C1CCC(O)C(CN2CCSCC2)C1. The summed E-state index contributed by atoms with van der Waals surface area (Å²) in [5.74, 6) is 4.69. The van der Waals surface area contributed by atoms with Crippen LogP contribution in [0.15, 0.2) is 0 Å². The third-order valence-corrected chi connectivity index (χ3v) is 5.46. The Morgan fingerprint density at radius 2 is 1.94 bits per heavy atom. The highest BCUT2D eigenvalue weighted by molar-refractivity contribution is 7.99. The van der Waals surface area contributed by atoms with E-state index in [0.29, 0.717) is 5.92 Å². The molecule has 2 rings (SSSR count). The first-order chi connectivity index (χ1) is 8.16. The molecule has 2 nitrogen and oxygen atoms in total. The van der Waals surface area contributed by atoms with Gasteiger partial charge in [-0.25, -0.2) is 0 Å². The van der Waals surface area contributed by atoms with Crippen LogP contribution >= 0.6 is 11.8 Å². The molecule has 3 heteroatoms. The van der Waals surface area contributed by atoms with E-state index in [1.165, 1.54) is 37.4 Å². The maximum Gasteiger partial charge on any atom is 0.0580 e. The molecule has 3 unspecified atom stereocenters. The molecule has 1 N–H and O–H groups in total. The number of hydrogen-bond acceptors (Lipinski definition) is 3. The second kappa shape index (κ2) is 6.44. The van der Waals surface area contributed by atoms with Gasteiger partial charge in [-0.15, -0.1) is 0 Å². The van der Waals surface area contributed by atoms with Crippen LogP contribution in [-0.2, 0) is 0 Å². The number of aliphatic hydroxyl groups is 1.